The molecule has 2 aromatic carbocycles. The lowest BCUT2D eigenvalue weighted by Gasteiger charge is -2.57. The average Bonchev–Trinajstić information content (AvgIpc) is 3.64. The molecule has 2 heterocycles. The summed E-state index contributed by atoms with van der Waals surface area (Å²) in [5.41, 5.74) is 1.03. The number of carbonyl (C=O) groups is 3. The summed E-state index contributed by atoms with van der Waals surface area (Å²) in [7, 11) is 0. The van der Waals surface area contributed by atoms with Crippen molar-refractivity contribution in [2.24, 2.45) is 28.6 Å². The Bertz CT molecular complexity index is 2150. The lowest BCUT2D eigenvalue weighted by molar-refractivity contribution is -0.185. The number of hydrogen-bond donors (Lipinski definition) is 1. The highest BCUT2D eigenvalue weighted by molar-refractivity contribution is 6.32. The molecule has 5 aliphatic rings. The lowest BCUT2D eigenvalue weighted by Crippen LogP contribution is -2.58. The number of aromatic nitrogens is 2. The van der Waals surface area contributed by atoms with E-state index in [9.17, 15) is 32.3 Å². The van der Waals surface area contributed by atoms with Gasteiger partial charge in [-0.3, -0.25) is 23.9 Å². The molecule has 0 unspecified atom stereocenters. The van der Waals surface area contributed by atoms with Crippen LogP contribution in [-0.2, 0) is 31.8 Å². The number of ketones is 2. The quantitative estimate of drug-likeness (QED) is 0.253. The summed E-state index contributed by atoms with van der Waals surface area (Å²) < 4.78 is 46.3. The number of para-hydroxylation sites is 2. The van der Waals surface area contributed by atoms with Crippen LogP contribution in [0.25, 0.3) is 11.0 Å². The number of H-pyrrole nitrogens is 1. The van der Waals surface area contributed by atoms with Gasteiger partial charge >= 0.3 is 17.8 Å². The summed E-state index contributed by atoms with van der Waals surface area (Å²) in [6.07, 6.45) is 4.16. The zero-order chi connectivity index (χ0) is 40.2. The Morgan fingerprint density at radius 3 is 2.34 bits per heavy atom. The van der Waals surface area contributed by atoms with Gasteiger partial charge in [0, 0.05) is 68.7 Å². The van der Waals surface area contributed by atoms with Crippen LogP contribution in [-0.4, -0.2) is 70.3 Å². The first-order valence-corrected chi connectivity index (χ1v) is 20.0. The zero-order valence-electron chi connectivity index (χ0n) is 32.4. The number of esters is 1. The molecule has 8 rings (SSSR count). The highest BCUT2D eigenvalue weighted by atomic mass is 35.5. The third kappa shape index (κ3) is 7.05. The maximum atomic E-state index is 12.9. The van der Waals surface area contributed by atoms with E-state index < -0.39 is 17.3 Å². The topological polar surface area (TPSA) is 105 Å². The van der Waals surface area contributed by atoms with E-state index in [1.807, 2.05) is 29.2 Å². The van der Waals surface area contributed by atoms with E-state index in [0.717, 1.165) is 68.0 Å². The number of carbonyl (C=O) groups excluding carboxylic acids is 3. The SMILES string of the molecule is CC(=O)O[C@]1(C(C)=O)CC[C@H]2[C@@H]3C=C(Cl)C4=CC(=O)CC[C@]4(C)[C@H]3CC[C@@]21C.O=c1[nH]c2ccccc2n1CCN1CCN(c2cccc(C(F)(F)F)c2)CC1. The number of anilines is 1. The number of rotatable bonds is 6. The Hall–Kier alpha value is -4.16. The maximum Gasteiger partial charge on any atom is 0.416 e. The standard InChI is InChI=1S/C23H29ClO4.C20H21F3N4O/c1-13(25)23(28-14(2)26)10-7-18-16-12-20(24)19-11-15(27)5-8-21(19,3)17(16)6-9-22(18,23)4;21-20(22,23)15-4-3-5-16(14-15)26-11-8-25(9-12-26)10-13-27-18-7-2-1-6-17(18)24-19(27)28/h11-12,16-18H,5-10H2,1-4H3;1-7,14H,8-13H2,(H,24,28)/t16-,17+,18+,21-,22+,23+;/m1./s1. The Morgan fingerprint density at radius 2 is 1.64 bits per heavy atom. The molecule has 4 aliphatic carbocycles. The van der Waals surface area contributed by atoms with Gasteiger partial charge in [0.25, 0.3) is 0 Å². The molecule has 13 heteroatoms. The van der Waals surface area contributed by atoms with Gasteiger partial charge in [0.15, 0.2) is 17.2 Å². The van der Waals surface area contributed by atoms with Gasteiger partial charge < -0.3 is 14.6 Å². The monoisotopic (exact) mass is 794 g/mol. The largest absolute Gasteiger partial charge is 0.451 e. The van der Waals surface area contributed by atoms with Crippen molar-refractivity contribution in [2.45, 2.75) is 84.5 Å². The Balaban J connectivity index is 0.000000172. The first kappa shape index (κ1) is 40.1. The predicted octanol–water partition coefficient (Wildman–Crippen LogP) is 7.92. The molecule has 3 aromatic rings. The van der Waals surface area contributed by atoms with Crippen LogP contribution in [0.5, 0.6) is 0 Å². The average molecular weight is 795 g/mol. The summed E-state index contributed by atoms with van der Waals surface area (Å²) in [6.45, 7) is 11.4. The molecule has 0 amide bonds. The second-order valence-electron chi connectivity index (χ2n) is 16.7. The number of alkyl halides is 3. The maximum absolute atomic E-state index is 12.9. The molecule has 1 saturated heterocycles. The third-order valence-corrected chi connectivity index (χ3v) is 14.1. The van der Waals surface area contributed by atoms with E-state index in [0.29, 0.717) is 49.1 Å². The first-order chi connectivity index (χ1) is 26.5. The normalized spacial score (nSPS) is 30.3. The minimum atomic E-state index is -4.33. The summed E-state index contributed by atoms with van der Waals surface area (Å²) in [4.78, 5) is 55.9. The van der Waals surface area contributed by atoms with Crippen LogP contribution in [0.2, 0.25) is 0 Å². The molecule has 300 valence electrons. The molecule has 1 aliphatic heterocycles. The number of Topliss-reactive ketones (excluding diaryl/α,β-unsaturated/α-hetero) is 1. The Kier molecular flexibility index (Phi) is 10.7. The van der Waals surface area contributed by atoms with Crippen molar-refractivity contribution in [3.05, 3.63) is 87.3 Å². The number of allylic oxidation sites excluding steroid dienone is 4. The van der Waals surface area contributed by atoms with Crippen LogP contribution in [0.15, 0.2) is 76.1 Å². The van der Waals surface area contributed by atoms with Crippen LogP contribution in [0.1, 0.15) is 71.8 Å². The second-order valence-corrected chi connectivity index (χ2v) is 17.1. The molecule has 0 spiro atoms. The van der Waals surface area contributed by atoms with Crippen molar-refractivity contribution in [3.63, 3.8) is 0 Å². The van der Waals surface area contributed by atoms with Gasteiger partial charge in [0.2, 0.25) is 0 Å². The van der Waals surface area contributed by atoms with E-state index >= 15 is 0 Å². The van der Waals surface area contributed by atoms with Crippen molar-refractivity contribution in [1.82, 2.24) is 14.5 Å². The van der Waals surface area contributed by atoms with Gasteiger partial charge in [-0.25, -0.2) is 4.79 Å². The van der Waals surface area contributed by atoms with Crippen molar-refractivity contribution >= 4 is 45.9 Å². The summed E-state index contributed by atoms with van der Waals surface area (Å²) in [5, 5.41) is 0.689. The number of nitrogens with zero attached hydrogens (tertiary/aromatic N) is 3. The van der Waals surface area contributed by atoms with Crippen LogP contribution < -0.4 is 10.6 Å². The molecule has 1 aromatic heterocycles. The smallest absolute Gasteiger partial charge is 0.416 e. The summed E-state index contributed by atoms with van der Waals surface area (Å²) in [6, 6.07) is 13.1. The molecule has 2 saturated carbocycles. The fourth-order valence-corrected chi connectivity index (χ4v) is 11.2. The van der Waals surface area contributed by atoms with E-state index in [1.165, 1.54) is 19.1 Å². The highest BCUT2D eigenvalue weighted by Gasteiger charge is 2.67. The molecule has 0 bridgehead atoms. The number of piperazine rings is 1. The van der Waals surface area contributed by atoms with Gasteiger partial charge in [-0.15, -0.1) is 0 Å². The van der Waals surface area contributed by atoms with Crippen LogP contribution in [0.4, 0.5) is 18.9 Å². The third-order valence-electron chi connectivity index (χ3n) is 13.8. The van der Waals surface area contributed by atoms with E-state index in [4.69, 9.17) is 16.3 Å². The second kappa shape index (κ2) is 15.0. The minimum Gasteiger partial charge on any atom is -0.451 e. The summed E-state index contributed by atoms with van der Waals surface area (Å²) >= 11 is 6.71. The number of ether oxygens (including phenoxy) is 1. The van der Waals surface area contributed by atoms with Gasteiger partial charge in [-0.1, -0.05) is 49.7 Å². The molecule has 56 heavy (non-hydrogen) atoms. The highest BCUT2D eigenvalue weighted by Crippen LogP contribution is 2.68. The molecule has 3 fully saturated rings. The van der Waals surface area contributed by atoms with Crippen LogP contribution in [0.3, 0.4) is 0 Å². The van der Waals surface area contributed by atoms with Gasteiger partial charge in [0.1, 0.15) is 0 Å². The van der Waals surface area contributed by atoms with Crippen molar-refractivity contribution < 1.29 is 32.3 Å². The number of benzene rings is 2. The molecule has 1 N–H and O–H groups in total. The van der Waals surface area contributed by atoms with Crippen molar-refractivity contribution in [3.8, 4) is 0 Å². The number of fused-ring (bicyclic) bond motifs is 6. The Labute approximate surface area is 329 Å². The molecule has 9 nitrogen and oxygen atoms in total. The van der Waals surface area contributed by atoms with Crippen LogP contribution in [0, 0.1) is 28.6 Å². The Morgan fingerprint density at radius 1 is 0.929 bits per heavy atom. The van der Waals surface area contributed by atoms with Gasteiger partial charge in [0.05, 0.1) is 16.6 Å². The summed E-state index contributed by atoms with van der Waals surface area (Å²) in [5.74, 6) is 0.584. The van der Waals surface area contributed by atoms with E-state index in [2.05, 4.69) is 29.8 Å². The number of imidazole rings is 1. The van der Waals surface area contributed by atoms with Gasteiger partial charge in [-0.05, 0) is 104 Å². The molecular formula is C43H50ClF3N4O5. The van der Waals surface area contributed by atoms with Crippen molar-refractivity contribution in [1.29, 1.82) is 0 Å². The predicted molar refractivity (Wildman–Crippen MR) is 209 cm³/mol. The lowest BCUT2D eigenvalue weighted by atomic mass is 9.48. The first-order valence-electron chi connectivity index (χ1n) is 19.6. The molecule has 6 atom stereocenters. The molecular weight excluding hydrogens is 745 g/mol. The molecule has 0 radical (unpaired) electrons. The van der Waals surface area contributed by atoms with Crippen molar-refractivity contribution in [2.75, 3.05) is 37.6 Å². The minimum absolute atomic E-state index is 0.0490. The number of aromatic amines is 1. The number of nitrogens with one attached hydrogen (secondary N) is 1. The van der Waals surface area contributed by atoms with E-state index in [1.54, 1.807) is 23.6 Å². The number of halogens is 4. The zero-order valence-corrected chi connectivity index (χ0v) is 33.1. The fraction of sp³-hybridized carbons (Fsp3) is 0.535. The van der Waals surface area contributed by atoms with Gasteiger partial charge in [-0.2, -0.15) is 13.2 Å². The fourth-order valence-electron chi connectivity index (χ4n) is 10.8. The van der Waals surface area contributed by atoms with Crippen LogP contribution >= 0.6 is 11.6 Å². The van der Waals surface area contributed by atoms with E-state index in [-0.39, 0.29) is 45.9 Å². The number of hydrogen-bond acceptors (Lipinski definition) is 7.